The lowest BCUT2D eigenvalue weighted by Crippen LogP contribution is -2.31. The molecule has 0 aliphatic carbocycles. The predicted molar refractivity (Wildman–Crippen MR) is 564 cm³/mol. The van der Waals surface area contributed by atoms with E-state index in [0.29, 0.717) is 189 Å². The van der Waals surface area contributed by atoms with E-state index in [0.717, 1.165) is 113 Å². The van der Waals surface area contributed by atoms with E-state index < -0.39 is 0 Å². The number of methoxy groups -OCH3 is 2. The van der Waals surface area contributed by atoms with Crippen molar-refractivity contribution in [1.29, 1.82) is 0 Å². The second kappa shape index (κ2) is 38.7. The number of carbonyl (C=O) groups is 8. The zero-order chi connectivity index (χ0) is 99.9. The molecule has 8 amide bonds. The number of rotatable bonds is 24. The molecule has 10 aliphatic rings. The molecule has 0 bridgehead atoms. The number of para-hydroxylation sites is 4. The number of carbonyl (C=O) groups excluding carboxylic acids is 8. The van der Waals surface area contributed by atoms with E-state index >= 15 is 0 Å². The van der Waals surface area contributed by atoms with Gasteiger partial charge in [-0.25, -0.2) is 0 Å². The van der Waals surface area contributed by atoms with Gasteiger partial charge in [-0.3, -0.25) is 48.2 Å². The fraction of sp³-hybridized carbons (Fsp3) is 0.214. The van der Waals surface area contributed by atoms with E-state index in [1.165, 1.54) is 32.5 Å². The van der Waals surface area contributed by atoms with Gasteiger partial charge in [0, 0.05) is 156 Å². The molecule has 24 rings (SSSR count). The van der Waals surface area contributed by atoms with Crippen LogP contribution in [0.4, 0.5) is 34.4 Å². The number of nitrogens with zero attached hydrogens (tertiary/aromatic N) is 12. The number of aromatic amines is 2. The van der Waals surface area contributed by atoms with Crippen molar-refractivity contribution >= 4 is 193 Å². The Morgan fingerprint density at radius 3 is 0.972 bits per heavy atom. The monoisotopic (exact) mass is 1990 g/mol. The number of ether oxygens (including phenoxy) is 6. The number of thiophene rings is 4. The molecule has 10 aliphatic heterocycles. The molecule has 728 valence electrons. The largest absolute Gasteiger partial charge is 0.485 e. The maximum Gasteiger partial charge on any atom is 0.261 e. The van der Waals surface area contributed by atoms with Crippen LogP contribution in [-0.4, -0.2) is 201 Å². The first-order valence-electron chi connectivity index (χ1n) is 47.8. The predicted octanol–water partition coefficient (Wildman–Crippen LogP) is 20.5. The number of hydrogen-bond acceptors (Lipinski definition) is 20. The highest BCUT2D eigenvalue weighted by Crippen LogP contribution is 2.57. The molecule has 0 fully saturated rings. The zero-order valence-electron chi connectivity index (χ0n) is 81.3. The summed E-state index contributed by atoms with van der Waals surface area (Å²) in [5.74, 6) is 4.11. The highest BCUT2D eigenvalue weighted by molar-refractivity contribution is 7.18. The fourth-order valence-corrected chi connectivity index (χ4v) is 24.4. The third-order valence-corrected chi connectivity index (χ3v) is 31.1. The lowest BCUT2D eigenvalue weighted by atomic mass is 10.0. The first-order valence-corrected chi connectivity index (χ1v) is 51.3. The summed E-state index contributed by atoms with van der Waals surface area (Å²) in [6.45, 7) is 11.8. The van der Waals surface area contributed by atoms with Gasteiger partial charge in [0.1, 0.15) is 38.1 Å². The van der Waals surface area contributed by atoms with E-state index in [1.807, 2.05) is 216 Å². The first-order chi connectivity index (χ1) is 70.1. The van der Waals surface area contributed by atoms with Gasteiger partial charge in [0.2, 0.25) is 0 Å². The molecule has 18 heterocycles. The number of H-pyrrole nitrogens is 2. The van der Waals surface area contributed by atoms with Crippen molar-refractivity contribution in [3.05, 3.63) is 328 Å². The second-order valence-electron chi connectivity index (χ2n) is 35.3. The standard InChI is InChI=1S/C42H36N6O2.C26H34N4O4.C24H16N2O2S2.C20H16N2O6S2/c1-3-45-39(33-25-27-35(43-33)47(29-17-9-5-10-18-29)30-19-11-6-12-20-30)37-38(41(45)49)40(46(4-2)42(37)50)34-26-28-36(44-34)48(31-21-13-7-14-22-31)32-23-15-8-16-24-32;1-7-9-15-29-23(17-11-13-19(33-5)27(17)3)21-22(25(29)31)24(30(26(21)32)16-10-8-2)18-12-14-20(34-6)28(18)4;1-25-21(15-11-29-17-9-5-3-7-13(15)17)19-20(23(25)27)22(26(2)24(19)28)16-12-30-18-10-6-4-8-14(16)18;1-21-13(17-15-9(7-29-17)25-3-5-27-15)11-12(19(21)23)14(22(2)20(11)24)18-16-10(8-30-18)26-4-6-28-16/h5-28,43-44H,3-4H2,1-2H3;11-14H,7-10,15-16H2,1-6H3;3-12H,1-2H3;7-8H,3-6H2,1-2H3. The van der Waals surface area contributed by atoms with Crippen LogP contribution in [0.25, 0.3) is 65.7 Å². The summed E-state index contributed by atoms with van der Waals surface area (Å²) in [6, 6.07) is 72.2. The number of anilines is 6. The summed E-state index contributed by atoms with van der Waals surface area (Å²) in [4.78, 5) is 136. The van der Waals surface area contributed by atoms with Crippen LogP contribution in [0, 0.1) is 0 Å². The summed E-state index contributed by atoms with van der Waals surface area (Å²) in [5, 5.41) is 9.92. The van der Waals surface area contributed by atoms with Crippen LogP contribution >= 0.6 is 45.3 Å². The molecule has 144 heavy (non-hydrogen) atoms. The molecule has 0 atom stereocenters. The lowest BCUT2D eigenvalue weighted by molar-refractivity contribution is -0.124. The first kappa shape index (κ1) is 94.1. The number of fused-ring (bicyclic) bond motifs is 8. The van der Waals surface area contributed by atoms with E-state index in [-0.39, 0.29) is 47.3 Å². The summed E-state index contributed by atoms with van der Waals surface area (Å²) in [7, 11) is 13.9. The molecule has 0 unspecified atom stereocenters. The van der Waals surface area contributed by atoms with Crippen LogP contribution in [0.1, 0.15) is 97.0 Å². The minimum absolute atomic E-state index is 0.124. The van der Waals surface area contributed by atoms with Crippen LogP contribution in [0.5, 0.6) is 34.8 Å². The number of aromatic nitrogens is 4. The van der Waals surface area contributed by atoms with Crippen LogP contribution in [0.15, 0.2) is 284 Å². The molecule has 8 aromatic heterocycles. The summed E-state index contributed by atoms with van der Waals surface area (Å²) in [6.07, 6.45) is 3.58. The van der Waals surface area contributed by atoms with Gasteiger partial charge < -0.3 is 86.7 Å². The SMILES string of the molecule is CCCCN1C(=O)C2=C(c3ccc(OC)n3C)N(CCCC)C(=O)C2=C1c1ccc(OC)n1C.CCN1C(=O)C2=C(c3ccc(N(c4ccccc4)c4ccccc4)[nH]3)N(CC)C(=O)C2=C1c1ccc(N(c2ccccc2)c2ccccc2)[nH]1.CN1C(=O)C2=C(c3csc4ccccc34)N(C)C(=O)C2=C1c1csc2ccccc12.CN1C(=O)C2=C(c3scc4c3OCCO4)N(C)C(=O)C2=C1c1scc2c1OCCO2. The Hall–Kier alpha value is -16.2. The zero-order valence-corrected chi connectivity index (χ0v) is 84.6. The Balaban J connectivity index is 0.000000116. The topological polar surface area (TPSA) is 266 Å². The Morgan fingerprint density at radius 2 is 0.632 bits per heavy atom. The Labute approximate surface area is 847 Å². The van der Waals surface area contributed by atoms with Crippen molar-refractivity contribution < 1.29 is 66.8 Å². The fourth-order valence-electron chi connectivity index (χ4n) is 20.5. The number of likely N-dealkylation sites (N-methyl/N-ethyl adjacent to an activating group) is 6. The van der Waals surface area contributed by atoms with Crippen LogP contribution in [0.2, 0.25) is 0 Å². The molecule has 0 radical (unpaired) electrons. The van der Waals surface area contributed by atoms with Crippen molar-refractivity contribution in [2.45, 2.75) is 53.4 Å². The summed E-state index contributed by atoms with van der Waals surface area (Å²) >= 11 is 6.07. The quantitative estimate of drug-likeness (QED) is 0.0569. The smallest absolute Gasteiger partial charge is 0.261 e. The highest BCUT2D eigenvalue weighted by atomic mass is 32.1. The molecule has 2 N–H and O–H groups in total. The van der Waals surface area contributed by atoms with Gasteiger partial charge in [0.05, 0.1) is 137 Å². The molecule has 0 spiro atoms. The molecule has 0 saturated heterocycles. The normalized spacial score (nSPS) is 16.3. The van der Waals surface area contributed by atoms with Gasteiger partial charge in [0.15, 0.2) is 34.8 Å². The van der Waals surface area contributed by atoms with Crippen LogP contribution < -0.4 is 38.2 Å². The van der Waals surface area contributed by atoms with E-state index in [4.69, 9.17) is 28.4 Å². The van der Waals surface area contributed by atoms with Crippen molar-refractivity contribution in [2.24, 2.45) is 14.1 Å². The van der Waals surface area contributed by atoms with Crippen molar-refractivity contribution in [1.82, 2.24) is 58.3 Å². The molecule has 0 saturated carbocycles. The average molecular weight is 2000 g/mol. The maximum atomic E-state index is 14.4. The average Bonchev–Trinajstić information content (AvgIpc) is 1.56. The Morgan fingerprint density at radius 1 is 0.319 bits per heavy atom. The lowest BCUT2D eigenvalue weighted by Gasteiger charge is -2.25. The van der Waals surface area contributed by atoms with Gasteiger partial charge in [0.25, 0.3) is 47.3 Å². The minimum Gasteiger partial charge on any atom is -0.485 e. The Kier molecular flexibility index (Phi) is 25.3. The summed E-state index contributed by atoms with van der Waals surface area (Å²) in [5.41, 5.74) is 17.5. The van der Waals surface area contributed by atoms with Gasteiger partial charge in [-0.1, -0.05) is 136 Å². The number of benzene rings is 6. The maximum absolute atomic E-state index is 14.4. The van der Waals surface area contributed by atoms with Crippen molar-refractivity contribution in [3.8, 4) is 34.8 Å². The molecule has 28 nitrogen and oxygen atoms in total. The van der Waals surface area contributed by atoms with Crippen molar-refractivity contribution in [2.75, 3.05) is 105 Å². The Bertz CT molecular complexity index is 7350. The number of unbranched alkanes of at least 4 members (excludes halogenated alkanes) is 2. The van der Waals surface area contributed by atoms with E-state index in [2.05, 4.69) is 94.3 Å². The van der Waals surface area contributed by atoms with Crippen LogP contribution in [0.3, 0.4) is 0 Å². The van der Waals surface area contributed by atoms with Gasteiger partial charge >= 0.3 is 0 Å². The number of hydrogen-bond donors (Lipinski definition) is 2. The molecule has 6 aromatic carbocycles. The van der Waals surface area contributed by atoms with E-state index in [9.17, 15) is 38.4 Å². The second-order valence-corrected chi connectivity index (χ2v) is 38.9. The minimum atomic E-state index is -0.231. The summed E-state index contributed by atoms with van der Waals surface area (Å²) < 4.78 is 39.9. The van der Waals surface area contributed by atoms with E-state index in [1.54, 1.807) is 94.5 Å². The third-order valence-electron chi connectivity index (χ3n) is 27.3. The molecular weight excluding hydrogens is 1890 g/mol. The number of nitrogens with one attached hydrogen (secondary N) is 2. The highest BCUT2D eigenvalue weighted by Gasteiger charge is 2.54. The van der Waals surface area contributed by atoms with Crippen LogP contribution in [-0.2, 0) is 52.5 Å². The van der Waals surface area contributed by atoms with Crippen molar-refractivity contribution in [3.63, 3.8) is 0 Å². The van der Waals surface area contributed by atoms with Gasteiger partial charge in [-0.15, -0.1) is 45.3 Å². The van der Waals surface area contributed by atoms with Gasteiger partial charge in [-0.2, -0.15) is 0 Å². The molecule has 14 aromatic rings. The molecular formula is C112H102N14O14S4. The molecule has 32 heteroatoms. The number of amides is 8. The van der Waals surface area contributed by atoms with Gasteiger partial charge in [-0.05, 0) is 124 Å². The third kappa shape index (κ3) is 15.5.